The lowest BCUT2D eigenvalue weighted by Gasteiger charge is -2.21. The van der Waals surface area contributed by atoms with Gasteiger partial charge in [0.2, 0.25) is 5.91 Å². The predicted molar refractivity (Wildman–Crippen MR) is 89.9 cm³/mol. The van der Waals surface area contributed by atoms with E-state index < -0.39 is 29.9 Å². The lowest BCUT2D eigenvalue weighted by molar-refractivity contribution is -0.152. The standard InChI is InChI=1S/C16H31N3O5/c1-4-23-14(20)9-8-13(16(22)24-11(2)3)19-15(21)12(18)7-5-6-10-17/h11-13H,4-10,17-18H2,1-3H3,(H,19,21). The molecule has 5 N–H and O–H groups in total. The summed E-state index contributed by atoms with van der Waals surface area (Å²) in [4.78, 5) is 35.7. The van der Waals surface area contributed by atoms with Crippen molar-refractivity contribution in [3.05, 3.63) is 0 Å². The van der Waals surface area contributed by atoms with Crippen molar-refractivity contribution in [2.45, 2.75) is 71.1 Å². The van der Waals surface area contributed by atoms with E-state index in [0.717, 1.165) is 12.8 Å². The Labute approximate surface area is 143 Å². The number of unbranched alkanes of at least 4 members (excludes halogenated alkanes) is 1. The molecule has 0 saturated carbocycles. The van der Waals surface area contributed by atoms with E-state index in [1.165, 1.54) is 0 Å². The maximum absolute atomic E-state index is 12.1. The molecule has 1 amide bonds. The van der Waals surface area contributed by atoms with Gasteiger partial charge in [0.15, 0.2) is 0 Å². The van der Waals surface area contributed by atoms with Crippen LogP contribution in [-0.4, -0.2) is 49.2 Å². The van der Waals surface area contributed by atoms with Gasteiger partial charge in [-0.1, -0.05) is 6.42 Å². The van der Waals surface area contributed by atoms with Gasteiger partial charge in [-0.05, 0) is 46.6 Å². The van der Waals surface area contributed by atoms with Crippen molar-refractivity contribution in [1.82, 2.24) is 5.32 Å². The van der Waals surface area contributed by atoms with Gasteiger partial charge < -0.3 is 26.3 Å². The van der Waals surface area contributed by atoms with Crippen LogP contribution in [0.15, 0.2) is 0 Å². The van der Waals surface area contributed by atoms with E-state index in [1.807, 2.05) is 0 Å². The second kappa shape index (κ2) is 12.7. The number of nitrogens with two attached hydrogens (primary N) is 2. The molecule has 0 aliphatic rings. The second-order valence-corrected chi connectivity index (χ2v) is 5.78. The van der Waals surface area contributed by atoms with E-state index in [1.54, 1.807) is 20.8 Å². The fourth-order valence-electron chi connectivity index (χ4n) is 1.98. The quantitative estimate of drug-likeness (QED) is 0.340. The summed E-state index contributed by atoms with van der Waals surface area (Å²) in [7, 11) is 0. The number of hydrogen-bond acceptors (Lipinski definition) is 7. The molecule has 2 unspecified atom stereocenters. The van der Waals surface area contributed by atoms with Gasteiger partial charge in [-0.3, -0.25) is 9.59 Å². The van der Waals surface area contributed by atoms with Gasteiger partial charge in [0, 0.05) is 6.42 Å². The zero-order valence-corrected chi connectivity index (χ0v) is 14.9. The number of amides is 1. The van der Waals surface area contributed by atoms with Crippen molar-refractivity contribution >= 4 is 17.8 Å². The third-order valence-electron chi connectivity index (χ3n) is 3.20. The van der Waals surface area contributed by atoms with Crippen molar-refractivity contribution < 1.29 is 23.9 Å². The van der Waals surface area contributed by atoms with Crippen molar-refractivity contribution in [2.75, 3.05) is 13.2 Å². The summed E-state index contributed by atoms with van der Waals surface area (Å²) in [5.41, 5.74) is 11.2. The number of hydrogen-bond donors (Lipinski definition) is 3. The van der Waals surface area contributed by atoms with Gasteiger partial charge in [-0.15, -0.1) is 0 Å². The van der Waals surface area contributed by atoms with Crippen LogP contribution in [0.4, 0.5) is 0 Å². The van der Waals surface area contributed by atoms with Gasteiger partial charge in [0.25, 0.3) is 0 Å². The lowest BCUT2D eigenvalue weighted by Crippen LogP contribution is -2.49. The van der Waals surface area contributed by atoms with E-state index >= 15 is 0 Å². The highest BCUT2D eigenvalue weighted by atomic mass is 16.5. The molecule has 24 heavy (non-hydrogen) atoms. The van der Waals surface area contributed by atoms with Crippen LogP contribution >= 0.6 is 0 Å². The SMILES string of the molecule is CCOC(=O)CCC(NC(=O)C(N)CCCCN)C(=O)OC(C)C. The minimum absolute atomic E-state index is 0.00833. The van der Waals surface area contributed by atoms with Gasteiger partial charge >= 0.3 is 11.9 Å². The summed E-state index contributed by atoms with van der Waals surface area (Å²) < 4.78 is 9.95. The fraction of sp³-hybridized carbons (Fsp3) is 0.812. The number of carbonyl (C=O) groups excluding carboxylic acids is 3. The molecule has 0 aromatic heterocycles. The molecular weight excluding hydrogens is 314 g/mol. The zero-order chi connectivity index (χ0) is 18.5. The third kappa shape index (κ3) is 10.2. The first-order valence-corrected chi connectivity index (χ1v) is 8.43. The normalized spacial score (nSPS) is 13.2. The summed E-state index contributed by atoms with van der Waals surface area (Å²) in [6.45, 7) is 5.92. The first-order valence-electron chi connectivity index (χ1n) is 8.43. The highest BCUT2D eigenvalue weighted by molar-refractivity contribution is 5.87. The molecule has 0 rings (SSSR count). The first-order chi connectivity index (χ1) is 11.3. The molecule has 0 bridgehead atoms. The minimum atomic E-state index is -0.926. The molecule has 0 aromatic carbocycles. The monoisotopic (exact) mass is 345 g/mol. The van der Waals surface area contributed by atoms with Gasteiger partial charge in [-0.25, -0.2) is 4.79 Å². The van der Waals surface area contributed by atoms with E-state index in [2.05, 4.69) is 5.32 Å². The Balaban J connectivity index is 4.64. The highest BCUT2D eigenvalue weighted by Crippen LogP contribution is 2.06. The van der Waals surface area contributed by atoms with Crippen molar-refractivity contribution in [3.8, 4) is 0 Å². The summed E-state index contributed by atoms with van der Waals surface area (Å²) in [5, 5.41) is 2.57. The molecular formula is C16H31N3O5. The van der Waals surface area contributed by atoms with Crippen LogP contribution in [-0.2, 0) is 23.9 Å². The second-order valence-electron chi connectivity index (χ2n) is 5.78. The summed E-state index contributed by atoms with van der Waals surface area (Å²) in [6, 6.07) is -1.65. The molecule has 0 aliphatic heterocycles. The van der Waals surface area contributed by atoms with Gasteiger partial charge in [-0.2, -0.15) is 0 Å². The lowest BCUT2D eigenvalue weighted by atomic mass is 10.1. The number of nitrogens with one attached hydrogen (secondary N) is 1. The van der Waals surface area contributed by atoms with Crippen molar-refractivity contribution in [1.29, 1.82) is 0 Å². The van der Waals surface area contributed by atoms with Crippen LogP contribution in [0.5, 0.6) is 0 Å². The molecule has 8 nitrogen and oxygen atoms in total. The zero-order valence-electron chi connectivity index (χ0n) is 14.9. The molecule has 0 saturated heterocycles. The smallest absolute Gasteiger partial charge is 0.328 e. The molecule has 0 heterocycles. The average Bonchev–Trinajstić information content (AvgIpc) is 2.50. The first kappa shape index (κ1) is 22.3. The van der Waals surface area contributed by atoms with E-state index in [-0.39, 0.29) is 25.6 Å². The summed E-state index contributed by atoms with van der Waals surface area (Å²) >= 11 is 0. The van der Waals surface area contributed by atoms with Gasteiger partial charge in [0.1, 0.15) is 6.04 Å². The Morgan fingerprint density at radius 2 is 1.79 bits per heavy atom. The van der Waals surface area contributed by atoms with E-state index in [4.69, 9.17) is 20.9 Å². The summed E-state index contributed by atoms with van der Waals surface area (Å²) in [5.74, 6) is -1.46. The summed E-state index contributed by atoms with van der Waals surface area (Å²) in [6.07, 6.45) is 1.78. The largest absolute Gasteiger partial charge is 0.466 e. The molecule has 0 radical (unpaired) electrons. The van der Waals surface area contributed by atoms with Crippen LogP contribution in [0.25, 0.3) is 0 Å². The van der Waals surface area contributed by atoms with E-state index in [9.17, 15) is 14.4 Å². The van der Waals surface area contributed by atoms with Gasteiger partial charge in [0.05, 0.1) is 18.8 Å². The topological polar surface area (TPSA) is 134 Å². The molecule has 2 atom stereocenters. The highest BCUT2D eigenvalue weighted by Gasteiger charge is 2.26. The predicted octanol–water partition coefficient (Wildman–Crippen LogP) is 0.222. The Morgan fingerprint density at radius 3 is 2.33 bits per heavy atom. The molecule has 140 valence electrons. The minimum Gasteiger partial charge on any atom is -0.466 e. The molecule has 0 fully saturated rings. The van der Waals surface area contributed by atoms with Crippen LogP contribution < -0.4 is 16.8 Å². The molecule has 0 spiro atoms. The van der Waals surface area contributed by atoms with Crippen LogP contribution in [0.1, 0.15) is 52.9 Å². The number of esters is 2. The Hall–Kier alpha value is -1.67. The number of rotatable bonds is 12. The van der Waals surface area contributed by atoms with Crippen LogP contribution in [0, 0.1) is 0 Å². The maximum Gasteiger partial charge on any atom is 0.328 e. The molecule has 0 aromatic rings. The third-order valence-corrected chi connectivity index (χ3v) is 3.20. The van der Waals surface area contributed by atoms with E-state index in [0.29, 0.717) is 13.0 Å². The number of ether oxygens (including phenoxy) is 2. The molecule has 0 aliphatic carbocycles. The van der Waals surface area contributed by atoms with Crippen LogP contribution in [0.2, 0.25) is 0 Å². The average molecular weight is 345 g/mol. The Morgan fingerprint density at radius 1 is 1.12 bits per heavy atom. The Kier molecular flexibility index (Phi) is 11.8. The van der Waals surface area contributed by atoms with Crippen molar-refractivity contribution in [2.24, 2.45) is 11.5 Å². The maximum atomic E-state index is 12.1. The number of carbonyl (C=O) groups is 3. The Bertz CT molecular complexity index is 401. The molecule has 8 heteroatoms. The van der Waals surface area contributed by atoms with Crippen LogP contribution in [0.3, 0.4) is 0 Å². The fourth-order valence-corrected chi connectivity index (χ4v) is 1.98. The van der Waals surface area contributed by atoms with Crippen molar-refractivity contribution in [3.63, 3.8) is 0 Å².